The molecule has 118 valence electrons. The number of rotatable bonds is 6. The topological polar surface area (TPSA) is 71.3 Å². The number of furan rings is 1. The molecule has 5 nitrogen and oxygen atoms in total. The van der Waals surface area contributed by atoms with Crippen molar-refractivity contribution in [2.75, 3.05) is 6.54 Å². The van der Waals surface area contributed by atoms with Crippen molar-refractivity contribution in [3.63, 3.8) is 0 Å². The van der Waals surface area contributed by atoms with Crippen molar-refractivity contribution in [2.24, 2.45) is 0 Å². The highest BCUT2D eigenvalue weighted by Gasteiger charge is 2.15. The van der Waals surface area contributed by atoms with Crippen LogP contribution in [-0.2, 0) is 4.79 Å². The summed E-state index contributed by atoms with van der Waals surface area (Å²) in [6.45, 7) is 5.68. The van der Waals surface area contributed by atoms with E-state index in [1.54, 1.807) is 30.3 Å². The first-order valence-corrected chi connectivity index (χ1v) is 7.13. The molecule has 2 aromatic rings. The first kappa shape index (κ1) is 16.3. The number of hydrogen-bond acceptors (Lipinski definition) is 3. The van der Waals surface area contributed by atoms with Crippen molar-refractivity contribution in [3.8, 4) is 0 Å². The Kier molecular flexibility index (Phi) is 5.52. The predicted octanol–water partition coefficient (Wildman–Crippen LogP) is 2.66. The third kappa shape index (κ3) is 4.44. The molecule has 2 rings (SSSR count). The monoisotopic (exact) mass is 310 g/mol. The van der Waals surface area contributed by atoms with Gasteiger partial charge >= 0.3 is 0 Å². The molecule has 0 aliphatic carbocycles. The molecule has 0 aliphatic heterocycles. The number of carbonyl (C=O) groups excluding carboxylic acids is 2. The van der Waals surface area contributed by atoms with E-state index in [1.165, 1.54) is 12.3 Å². The second kappa shape index (κ2) is 7.79. The van der Waals surface area contributed by atoms with Crippen molar-refractivity contribution >= 4 is 17.9 Å². The van der Waals surface area contributed by atoms with Gasteiger partial charge in [-0.2, -0.15) is 0 Å². The molecule has 0 aliphatic rings. The second-order valence-corrected chi connectivity index (χ2v) is 4.84. The Morgan fingerprint density at radius 3 is 2.65 bits per heavy atom. The van der Waals surface area contributed by atoms with E-state index in [0.717, 1.165) is 5.56 Å². The Morgan fingerprint density at radius 1 is 1.22 bits per heavy atom. The Balaban J connectivity index is 2.24. The minimum Gasteiger partial charge on any atom is -0.465 e. The lowest BCUT2D eigenvalue weighted by Gasteiger charge is -2.11. The van der Waals surface area contributed by atoms with E-state index in [2.05, 4.69) is 17.2 Å². The zero-order valence-electron chi connectivity index (χ0n) is 12.8. The molecular formula is C18H18N2O3. The molecule has 0 radical (unpaired) electrons. The summed E-state index contributed by atoms with van der Waals surface area (Å²) in [6.07, 6.45) is 4.54. The molecule has 0 atom stereocenters. The van der Waals surface area contributed by atoms with Gasteiger partial charge in [0.1, 0.15) is 11.5 Å². The van der Waals surface area contributed by atoms with Crippen LogP contribution in [0.15, 0.2) is 65.4 Å². The van der Waals surface area contributed by atoms with Crippen LogP contribution in [0.3, 0.4) is 0 Å². The van der Waals surface area contributed by atoms with Crippen LogP contribution in [-0.4, -0.2) is 18.4 Å². The average Bonchev–Trinajstić information content (AvgIpc) is 3.05. The summed E-state index contributed by atoms with van der Waals surface area (Å²) < 4.78 is 5.20. The Morgan fingerprint density at radius 2 is 2.00 bits per heavy atom. The summed E-state index contributed by atoms with van der Waals surface area (Å²) in [5, 5.41) is 5.27. The van der Waals surface area contributed by atoms with Crippen LogP contribution >= 0.6 is 0 Å². The second-order valence-electron chi connectivity index (χ2n) is 4.84. The van der Waals surface area contributed by atoms with Gasteiger partial charge in [0.15, 0.2) is 0 Å². The number of carbonyl (C=O) groups is 2. The average molecular weight is 310 g/mol. The largest absolute Gasteiger partial charge is 0.465 e. The van der Waals surface area contributed by atoms with Crippen LogP contribution in [0.4, 0.5) is 0 Å². The zero-order valence-corrected chi connectivity index (χ0v) is 12.8. The van der Waals surface area contributed by atoms with Gasteiger partial charge in [0.05, 0.1) is 6.26 Å². The van der Waals surface area contributed by atoms with Gasteiger partial charge in [-0.15, -0.1) is 6.58 Å². The van der Waals surface area contributed by atoms with Crippen molar-refractivity contribution in [2.45, 2.75) is 6.92 Å². The lowest BCUT2D eigenvalue weighted by Crippen LogP contribution is -2.35. The molecule has 0 bridgehead atoms. The molecule has 1 heterocycles. The Labute approximate surface area is 134 Å². The highest BCUT2D eigenvalue weighted by molar-refractivity contribution is 6.05. The fourth-order valence-corrected chi connectivity index (χ4v) is 1.95. The summed E-state index contributed by atoms with van der Waals surface area (Å²) in [5.41, 5.74) is 1.44. The van der Waals surface area contributed by atoms with Gasteiger partial charge in [0, 0.05) is 18.2 Å². The molecule has 23 heavy (non-hydrogen) atoms. The van der Waals surface area contributed by atoms with E-state index in [9.17, 15) is 9.59 Å². The minimum absolute atomic E-state index is 0.107. The van der Waals surface area contributed by atoms with Crippen LogP contribution in [0, 0.1) is 6.92 Å². The molecule has 0 spiro atoms. The summed E-state index contributed by atoms with van der Waals surface area (Å²) in [5.74, 6) is -0.295. The number of benzene rings is 1. The van der Waals surface area contributed by atoms with Crippen LogP contribution < -0.4 is 10.6 Å². The highest BCUT2D eigenvalue weighted by Crippen LogP contribution is 2.10. The van der Waals surface area contributed by atoms with Gasteiger partial charge in [-0.05, 0) is 30.7 Å². The van der Waals surface area contributed by atoms with E-state index >= 15 is 0 Å². The van der Waals surface area contributed by atoms with Crippen LogP contribution in [0.5, 0.6) is 0 Å². The summed E-state index contributed by atoms with van der Waals surface area (Å²) >= 11 is 0. The molecule has 2 amide bonds. The lowest BCUT2D eigenvalue weighted by molar-refractivity contribution is -0.117. The molecule has 0 unspecified atom stereocenters. The number of hydrogen-bond donors (Lipinski definition) is 2. The minimum atomic E-state index is -0.414. The first-order chi connectivity index (χ1) is 11.1. The van der Waals surface area contributed by atoms with Gasteiger partial charge < -0.3 is 15.1 Å². The van der Waals surface area contributed by atoms with Gasteiger partial charge in [0.2, 0.25) is 0 Å². The van der Waals surface area contributed by atoms with E-state index in [0.29, 0.717) is 17.9 Å². The van der Waals surface area contributed by atoms with Crippen LogP contribution in [0.2, 0.25) is 0 Å². The standard InChI is InChI=1S/C18H18N2O3/c1-3-10-19-18(22)16(12-14-8-6-11-23-14)20-17(21)15-9-5-4-7-13(15)2/h3-9,11-12H,1,10H2,2H3,(H,19,22)(H,20,21)/b16-12-. The van der Waals surface area contributed by atoms with Crippen LogP contribution in [0.25, 0.3) is 6.08 Å². The molecule has 1 aromatic heterocycles. The number of aryl methyl sites for hydroxylation is 1. The molecule has 0 saturated heterocycles. The molecule has 5 heteroatoms. The van der Waals surface area contributed by atoms with Crippen molar-refractivity contribution in [1.82, 2.24) is 10.6 Å². The van der Waals surface area contributed by atoms with Crippen LogP contribution in [0.1, 0.15) is 21.7 Å². The summed E-state index contributed by atoms with van der Waals surface area (Å²) in [6, 6.07) is 10.6. The predicted molar refractivity (Wildman–Crippen MR) is 88.5 cm³/mol. The smallest absolute Gasteiger partial charge is 0.268 e. The normalized spacial score (nSPS) is 10.9. The van der Waals surface area contributed by atoms with Crippen molar-refractivity contribution in [3.05, 3.63) is 77.9 Å². The van der Waals surface area contributed by atoms with E-state index < -0.39 is 5.91 Å². The van der Waals surface area contributed by atoms with Gasteiger partial charge in [-0.1, -0.05) is 24.3 Å². The quantitative estimate of drug-likeness (QED) is 0.636. The highest BCUT2D eigenvalue weighted by atomic mass is 16.3. The van der Waals surface area contributed by atoms with E-state index in [-0.39, 0.29) is 11.6 Å². The third-order valence-corrected chi connectivity index (χ3v) is 3.12. The summed E-state index contributed by atoms with van der Waals surface area (Å²) in [7, 11) is 0. The first-order valence-electron chi connectivity index (χ1n) is 7.13. The van der Waals surface area contributed by atoms with Gasteiger partial charge in [0.25, 0.3) is 11.8 Å². The summed E-state index contributed by atoms with van der Waals surface area (Å²) in [4.78, 5) is 24.6. The molecule has 0 saturated carbocycles. The fraction of sp³-hybridized carbons (Fsp3) is 0.111. The van der Waals surface area contributed by atoms with Crippen molar-refractivity contribution in [1.29, 1.82) is 0 Å². The van der Waals surface area contributed by atoms with Crippen molar-refractivity contribution < 1.29 is 14.0 Å². The van der Waals surface area contributed by atoms with E-state index in [4.69, 9.17) is 4.42 Å². The maximum Gasteiger partial charge on any atom is 0.268 e. The number of nitrogens with one attached hydrogen (secondary N) is 2. The fourth-order valence-electron chi connectivity index (χ4n) is 1.95. The SMILES string of the molecule is C=CCNC(=O)/C(=C/c1ccco1)NC(=O)c1ccccc1C. The van der Waals surface area contributed by atoms with E-state index in [1.807, 2.05) is 19.1 Å². The zero-order chi connectivity index (χ0) is 16.7. The molecule has 2 N–H and O–H groups in total. The number of amides is 2. The maximum absolute atomic E-state index is 12.4. The lowest BCUT2D eigenvalue weighted by atomic mass is 10.1. The van der Waals surface area contributed by atoms with Gasteiger partial charge in [-0.3, -0.25) is 9.59 Å². The maximum atomic E-state index is 12.4. The van der Waals surface area contributed by atoms with Gasteiger partial charge in [-0.25, -0.2) is 0 Å². The Hall–Kier alpha value is -3.08. The molecular weight excluding hydrogens is 292 g/mol. The molecule has 0 fully saturated rings. The third-order valence-electron chi connectivity index (χ3n) is 3.12. The Bertz CT molecular complexity index is 730. The molecule has 1 aromatic carbocycles.